The molecule has 0 spiro atoms. The number of hydrogen-bond donors (Lipinski definition) is 2. The smallest absolute Gasteiger partial charge is 0.335 e. The van der Waals surface area contributed by atoms with Crippen LogP contribution in [0.15, 0.2) is 53.7 Å². The predicted octanol–water partition coefficient (Wildman–Crippen LogP) is 4.99. The lowest BCUT2D eigenvalue weighted by molar-refractivity contribution is -0.113. The summed E-state index contributed by atoms with van der Waals surface area (Å²) in [7, 11) is 0. The predicted molar refractivity (Wildman–Crippen MR) is 128 cm³/mol. The minimum Gasteiger partial charge on any atom is -0.483 e. The summed E-state index contributed by atoms with van der Waals surface area (Å²) in [5.41, 5.74) is 1.80. The normalized spacial score (nSPS) is 11.9. The molecule has 2 N–H and O–H groups in total. The van der Waals surface area contributed by atoms with Crippen molar-refractivity contribution >= 4 is 29.3 Å². The van der Waals surface area contributed by atoms with Gasteiger partial charge in [-0.1, -0.05) is 43.8 Å². The third-order valence-electron chi connectivity index (χ3n) is 5.01. The molecule has 0 bridgehead atoms. The Hall–Kier alpha value is -3.33. The molecule has 2 aromatic carbocycles. The summed E-state index contributed by atoms with van der Waals surface area (Å²) in [6.07, 6.45) is -0.315. The fourth-order valence-corrected chi connectivity index (χ4v) is 4.06. The number of carbonyl (C=O) groups is 2. The topological polar surface area (TPSA) is 106 Å². The Balaban J connectivity index is 1.62. The van der Waals surface area contributed by atoms with Gasteiger partial charge in [0.15, 0.2) is 17.1 Å². The highest BCUT2D eigenvalue weighted by Gasteiger charge is 2.19. The summed E-state index contributed by atoms with van der Waals surface area (Å²) in [4.78, 5) is 23.5. The second-order valence-corrected chi connectivity index (χ2v) is 8.73. The van der Waals surface area contributed by atoms with Crippen LogP contribution in [0.4, 0.5) is 5.69 Å². The van der Waals surface area contributed by atoms with E-state index in [4.69, 9.17) is 9.84 Å². The highest BCUT2D eigenvalue weighted by atomic mass is 32.2. The number of aromatic carboxylic acids is 1. The van der Waals surface area contributed by atoms with E-state index in [1.165, 1.54) is 29.5 Å². The van der Waals surface area contributed by atoms with Crippen molar-refractivity contribution in [2.24, 2.45) is 0 Å². The molecule has 1 heterocycles. The summed E-state index contributed by atoms with van der Waals surface area (Å²) < 4.78 is 7.99. The summed E-state index contributed by atoms with van der Waals surface area (Å²) >= 11 is 1.26. The van der Waals surface area contributed by atoms with E-state index in [1.807, 2.05) is 30.5 Å². The SMILES string of the molecule is CCn1c(SCC(=O)Nc2cccc(C(=O)O)c2)nnc1C(C)Oc1ccc(C(C)C)cc1. The first kappa shape index (κ1) is 24.3. The molecule has 0 saturated carbocycles. The number of carboxylic acid groups (broad SMARTS) is 1. The molecule has 0 aliphatic heterocycles. The molecule has 0 aliphatic rings. The molecule has 0 radical (unpaired) electrons. The second-order valence-electron chi connectivity index (χ2n) is 7.79. The number of nitrogens with zero attached hydrogens (tertiary/aromatic N) is 3. The molecule has 3 aromatic rings. The van der Waals surface area contributed by atoms with Gasteiger partial charge in [0.1, 0.15) is 5.75 Å². The zero-order valence-electron chi connectivity index (χ0n) is 19.1. The molecular formula is C24H28N4O4S. The van der Waals surface area contributed by atoms with E-state index < -0.39 is 5.97 Å². The number of thioether (sulfide) groups is 1. The molecule has 3 rings (SSSR count). The zero-order chi connectivity index (χ0) is 24.0. The summed E-state index contributed by atoms with van der Waals surface area (Å²) in [6.45, 7) is 8.83. The number of anilines is 1. The average Bonchev–Trinajstić information content (AvgIpc) is 3.21. The van der Waals surface area contributed by atoms with E-state index in [2.05, 4.69) is 41.5 Å². The lowest BCUT2D eigenvalue weighted by Crippen LogP contribution is -2.15. The number of rotatable bonds is 10. The number of carboxylic acids is 1. The van der Waals surface area contributed by atoms with E-state index in [0.29, 0.717) is 29.1 Å². The molecule has 33 heavy (non-hydrogen) atoms. The number of benzene rings is 2. The van der Waals surface area contributed by atoms with Crippen LogP contribution in [0.25, 0.3) is 0 Å². The van der Waals surface area contributed by atoms with Gasteiger partial charge in [-0.15, -0.1) is 10.2 Å². The van der Waals surface area contributed by atoms with Gasteiger partial charge in [0.2, 0.25) is 5.91 Å². The monoisotopic (exact) mass is 468 g/mol. The first-order valence-corrected chi connectivity index (χ1v) is 11.7. The quantitative estimate of drug-likeness (QED) is 0.404. The van der Waals surface area contributed by atoms with E-state index >= 15 is 0 Å². The number of ether oxygens (including phenoxy) is 1. The standard InChI is InChI=1S/C24H28N4O4S/c1-5-28-22(16(4)32-20-11-9-17(10-12-20)15(2)3)26-27-24(28)33-14-21(29)25-19-8-6-7-18(13-19)23(30)31/h6-13,15-16H,5,14H2,1-4H3,(H,25,29)(H,30,31). The highest BCUT2D eigenvalue weighted by molar-refractivity contribution is 7.99. The molecule has 0 saturated heterocycles. The van der Waals surface area contributed by atoms with Gasteiger partial charge in [-0.05, 0) is 55.7 Å². The molecule has 9 heteroatoms. The van der Waals surface area contributed by atoms with E-state index in [1.54, 1.807) is 12.1 Å². The Morgan fingerprint density at radius 3 is 2.48 bits per heavy atom. The van der Waals surface area contributed by atoms with Crippen molar-refractivity contribution in [2.75, 3.05) is 11.1 Å². The molecule has 1 unspecified atom stereocenters. The zero-order valence-corrected chi connectivity index (χ0v) is 19.9. The van der Waals surface area contributed by atoms with Gasteiger partial charge in [0, 0.05) is 12.2 Å². The number of aromatic nitrogens is 3. The molecule has 0 fully saturated rings. The Morgan fingerprint density at radius 2 is 1.85 bits per heavy atom. The number of hydrogen-bond acceptors (Lipinski definition) is 6. The van der Waals surface area contributed by atoms with Crippen molar-refractivity contribution in [3.8, 4) is 5.75 Å². The fraction of sp³-hybridized carbons (Fsp3) is 0.333. The molecule has 174 valence electrons. The Labute approximate surface area is 197 Å². The van der Waals surface area contributed by atoms with Crippen molar-refractivity contribution in [3.05, 3.63) is 65.5 Å². The van der Waals surface area contributed by atoms with Gasteiger partial charge < -0.3 is 19.7 Å². The third-order valence-corrected chi connectivity index (χ3v) is 5.98. The van der Waals surface area contributed by atoms with Crippen LogP contribution in [0.3, 0.4) is 0 Å². The molecule has 8 nitrogen and oxygen atoms in total. The Morgan fingerprint density at radius 1 is 1.12 bits per heavy atom. The van der Waals surface area contributed by atoms with Crippen LogP contribution in [-0.4, -0.2) is 37.5 Å². The largest absolute Gasteiger partial charge is 0.483 e. The van der Waals surface area contributed by atoms with Crippen molar-refractivity contribution in [1.82, 2.24) is 14.8 Å². The second kappa shape index (κ2) is 11.0. The van der Waals surface area contributed by atoms with E-state index in [-0.39, 0.29) is 23.3 Å². The maximum atomic E-state index is 12.4. The number of carbonyl (C=O) groups excluding carboxylic acids is 1. The first-order valence-electron chi connectivity index (χ1n) is 10.7. The summed E-state index contributed by atoms with van der Waals surface area (Å²) in [5, 5.41) is 20.9. The minimum atomic E-state index is -1.05. The van der Waals surface area contributed by atoms with Gasteiger partial charge in [-0.25, -0.2) is 4.79 Å². The maximum Gasteiger partial charge on any atom is 0.335 e. The average molecular weight is 469 g/mol. The van der Waals surface area contributed by atoms with E-state index in [9.17, 15) is 9.59 Å². The Kier molecular flexibility index (Phi) is 8.11. The van der Waals surface area contributed by atoms with Crippen LogP contribution in [-0.2, 0) is 11.3 Å². The van der Waals surface area contributed by atoms with Crippen LogP contribution in [0.5, 0.6) is 5.75 Å². The van der Waals surface area contributed by atoms with Gasteiger partial charge in [0.05, 0.1) is 11.3 Å². The fourth-order valence-electron chi connectivity index (χ4n) is 3.25. The molecule has 1 atom stereocenters. The van der Waals surface area contributed by atoms with Crippen LogP contribution in [0, 0.1) is 0 Å². The van der Waals surface area contributed by atoms with Crippen molar-refractivity contribution in [2.45, 2.75) is 51.4 Å². The summed E-state index contributed by atoms with van der Waals surface area (Å²) in [5.74, 6) is 0.705. The van der Waals surface area contributed by atoms with Crippen LogP contribution < -0.4 is 10.1 Å². The van der Waals surface area contributed by atoms with Gasteiger partial charge >= 0.3 is 5.97 Å². The van der Waals surface area contributed by atoms with Crippen molar-refractivity contribution in [1.29, 1.82) is 0 Å². The number of amides is 1. The number of nitrogens with one attached hydrogen (secondary N) is 1. The maximum absolute atomic E-state index is 12.4. The van der Waals surface area contributed by atoms with Gasteiger partial charge in [-0.3, -0.25) is 4.79 Å². The van der Waals surface area contributed by atoms with Crippen LogP contribution in [0.1, 0.15) is 61.5 Å². The van der Waals surface area contributed by atoms with Crippen molar-refractivity contribution in [3.63, 3.8) is 0 Å². The molecule has 1 aromatic heterocycles. The first-order chi connectivity index (χ1) is 15.8. The lowest BCUT2D eigenvalue weighted by atomic mass is 10.0. The van der Waals surface area contributed by atoms with E-state index in [0.717, 1.165) is 5.75 Å². The molecular weight excluding hydrogens is 440 g/mol. The van der Waals surface area contributed by atoms with Crippen molar-refractivity contribution < 1.29 is 19.4 Å². The Bertz CT molecular complexity index is 1110. The minimum absolute atomic E-state index is 0.112. The summed E-state index contributed by atoms with van der Waals surface area (Å²) in [6, 6.07) is 14.2. The van der Waals surface area contributed by atoms with Gasteiger partial charge in [-0.2, -0.15) is 0 Å². The molecule has 0 aliphatic carbocycles. The third kappa shape index (κ3) is 6.35. The molecule has 1 amide bonds. The van der Waals surface area contributed by atoms with Crippen LogP contribution >= 0.6 is 11.8 Å². The van der Waals surface area contributed by atoms with Gasteiger partial charge in [0.25, 0.3) is 0 Å². The van der Waals surface area contributed by atoms with Crippen LogP contribution in [0.2, 0.25) is 0 Å². The highest BCUT2D eigenvalue weighted by Crippen LogP contribution is 2.26. The lowest BCUT2D eigenvalue weighted by Gasteiger charge is -2.16.